The second-order valence-corrected chi connectivity index (χ2v) is 5.14. The van der Waals surface area contributed by atoms with Crippen molar-refractivity contribution in [3.8, 4) is 0 Å². The van der Waals surface area contributed by atoms with E-state index in [1.54, 1.807) is 0 Å². The highest BCUT2D eigenvalue weighted by Gasteiger charge is 2.17. The lowest BCUT2D eigenvalue weighted by atomic mass is 10.0. The Bertz CT molecular complexity index is 241. The first-order valence-electron chi connectivity index (χ1n) is 7.45. The van der Waals surface area contributed by atoms with Crippen molar-refractivity contribution in [2.75, 3.05) is 32.7 Å². The van der Waals surface area contributed by atoms with Gasteiger partial charge in [0.15, 0.2) is 0 Å². The summed E-state index contributed by atoms with van der Waals surface area (Å²) in [5.74, 6) is 0. The van der Waals surface area contributed by atoms with Crippen LogP contribution in [0.15, 0.2) is 0 Å². The van der Waals surface area contributed by atoms with Crippen molar-refractivity contribution in [2.24, 2.45) is 0 Å². The number of amides is 2. The fourth-order valence-electron chi connectivity index (χ4n) is 2.59. The number of piperidine rings is 1. The zero-order valence-corrected chi connectivity index (χ0v) is 12.2. The average molecular weight is 255 g/mol. The Hall–Kier alpha value is -0.770. The van der Waals surface area contributed by atoms with E-state index in [4.69, 9.17) is 0 Å². The molecule has 0 radical (unpaired) electrons. The van der Waals surface area contributed by atoms with Gasteiger partial charge >= 0.3 is 6.03 Å². The SMILES string of the molecule is CCN(CC)C(=O)NCCCN1CCCCC1C. The van der Waals surface area contributed by atoms with Crippen LogP contribution in [0.25, 0.3) is 0 Å². The van der Waals surface area contributed by atoms with Crippen LogP contribution in [0.3, 0.4) is 0 Å². The molecule has 18 heavy (non-hydrogen) atoms. The molecule has 0 saturated carbocycles. The molecule has 0 aromatic rings. The van der Waals surface area contributed by atoms with Crippen LogP contribution in [0.2, 0.25) is 0 Å². The van der Waals surface area contributed by atoms with E-state index in [1.807, 2.05) is 18.7 Å². The summed E-state index contributed by atoms with van der Waals surface area (Å²) in [7, 11) is 0. The molecule has 4 nitrogen and oxygen atoms in total. The first-order valence-corrected chi connectivity index (χ1v) is 7.45. The van der Waals surface area contributed by atoms with Crippen LogP contribution >= 0.6 is 0 Å². The van der Waals surface area contributed by atoms with Gasteiger partial charge in [-0.3, -0.25) is 0 Å². The zero-order chi connectivity index (χ0) is 13.4. The third-order valence-electron chi connectivity index (χ3n) is 3.89. The van der Waals surface area contributed by atoms with Crippen LogP contribution in [0.5, 0.6) is 0 Å². The van der Waals surface area contributed by atoms with E-state index in [0.29, 0.717) is 0 Å². The zero-order valence-electron chi connectivity index (χ0n) is 12.2. The normalized spacial score (nSPS) is 20.7. The van der Waals surface area contributed by atoms with E-state index < -0.39 is 0 Å². The Morgan fingerprint density at radius 1 is 1.33 bits per heavy atom. The summed E-state index contributed by atoms with van der Waals surface area (Å²) in [6, 6.07) is 0.795. The van der Waals surface area contributed by atoms with Crippen molar-refractivity contribution in [3.63, 3.8) is 0 Å². The molecule has 1 atom stereocenters. The molecule has 1 fully saturated rings. The van der Waals surface area contributed by atoms with Gasteiger partial charge in [0.05, 0.1) is 0 Å². The number of nitrogens with zero attached hydrogens (tertiary/aromatic N) is 2. The molecule has 1 heterocycles. The standard InChI is InChI=1S/C14H29N3O/c1-4-16(5-2)14(18)15-10-8-12-17-11-7-6-9-13(17)3/h13H,4-12H2,1-3H3,(H,15,18). The van der Waals surface area contributed by atoms with Gasteiger partial charge < -0.3 is 15.1 Å². The third kappa shape index (κ3) is 4.84. The maximum atomic E-state index is 11.7. The van der Waals surface area contributed by atoms with Crippen LogP contribution in [0.1, 0.15) is 46.5 Å². The van der Waals surface area contributed by atoms with Crippen molar-refractivity contribution in [3.05, 3.63) is 0 Å². The lowest BCUT2D eigenvalue weighted by Crippen LogP contribution is -2.42. The van der Waals surface area contributed by atoms with Crippen LogP contribution in [0, 0.1) is 0 Å². The Morgan fingerprint density at radius 2 is 2.06 bits per heavy atom. The molecule has 0 aliphatic carbocycles. The fourth-order valence-corrected chi connectivity index (χ4v) is 2.59. The van der Waals surface area contributed by atoms with Gasteiger partial charge in [-0.05, 0) is 46.6 Å². The lowest BCUT2D eigenvalue weighted by molar-refractivity contribution is 0.158. The van der Waals surface area contributed by atoms with E-state index in [-0.39, 0.29) is 6.03 Å². The van der Waals surface area contributed by atoms with Gasteiger partial charge in [-0.25, -0.2) is 4.79 Å². The molecule has 1 N–H and O–H groups in total. The van der Waals surface area contributed by atoms with Gasteiger partial charge in [-0.2, -0.15) is 0 Å². The minimum Gasteiger partial charge on any atom is -0.338 e. The molecule has 0 bridgehead atoms. The van der Waals surface area contributed by atoms with Gasteiger partial charge in [0, 0.05) is 32.2 Å². The molecular weight excluding hydrogens is 226 g/mol. The van der Waals surface area contributed by atoms with Crippen LogP contribution in [-0.4, -0.2) is 54.6 Å². The highest BCUT2D eigenvalue weighted by atomic mass is 16.2. The van der Waals surface area contributed by atoms with Crippen molar-refractivity contribution in [2.45, 2.75) is 52.5 Å². The summed E-state index contributed by atoms with van der Waals surface area (Å²) in [6.45, 7) is 11.0. The molecule has 1 rings (SSSR count). The lowest BCUT2D eigenvalue weighted by Gasteiger charge is -2.33. The predicted octanol–water partition coefficient (Wildman–Crippen LogP) is 2.30. The molecule has 0 spiro atoms. The topological polar surface area (TPSA) is 35.6 Å². The Kier molecular flexibility index (Phi) is 7.09. The maximum Gasteiger partial charge on any atom is 0.317 e. The van der Waals surface area contributed by atoms with Crippen LogP contribution in [-0.2, 0) is 0 Å². The number of carbonyl (C=O) groups is 1. The second kappa shape index (κ2) is 8.35. The quantitative estimate of drug-likeness (QED) is 0.739. The minimum absolute atomic E-state index is 0.0756. The molecule has 0 aromatic heterocycles. The van der Waals surface area contributed by atoms with E-state index in [0.717, 1.165) is 38.6 Å². The Morgan fingerprint density at radius 3 is 2.67 bits per heavy atom. The number of hydrogen-bond donors (Lipinski definition) is 1. The number of urea groups is 1. The van der Waals surface area contributed by atoms with Crippen LogP contribution < -0.4 is 5.32 Å². The minimum atomic E-state index is 0.0756. The molecule has 0 aromatic carbocycles. The highest BCUT2D eigenvalue weighted by Crippen LogP contribution is 2.15. The molecule has 106 valence electrons. The van der Waals surface area contributed by atoms with Crippen molar-refractivity contribution in [1.29, 1.82) is 0 Å². The summed E-state index contributed by atoms with van der Waals surface area (Å²) >= 11 is 0. The van der Waals surface area contributed by atoms with Crippen molar-refractivity contribution in [1.82, 2.24) is 15.1 Å². The molecule has 1 aliphatic rings. The maximum absolute atomic E-state index is 11.7. The first-order chi connectivity index (χ1) is 8.69. The molecular formula is C14H29N3O. The molecule has 1 unspecified atom stereocenters. The largest absolute Gasteiger partial charge is 0.338 e. The Labute approximate surface area is 112 Å². The van der Waals surface area contributed by atoms with E-state index in [2.05, 4.69) is 17.1 Å². The van der Waals surface area contributed by atoms with E-state index in [1.165, 1.54) is 25.8 Å². The third-order valence-corrected chi connectivity index (χ3v) is 3.89. The smallest absolute Gasteiger partial charge is 0.317 e. The monoisotopic (exact) mass is 255 g/mol. The number of rotatable bonds is 6. The number of likely N-dealkylation sites (tertiary alicyclic amines) is 1. The summed E-state index contributed by atoms with van der Waals surface area (Å²) < 4.78 is 0. The molecule has 1 saturated heterocycles. The van der Waals surface area contributed by atoms with Gasteiger partial charge in [-0.15, -0.1) is 0 Å². The van der Waals surface area contributed by atoms with Crippen molar-refractivity contribution >= 4 is 6.03 Å². The Balaban J connectivity index is 2.12. The van der Waals surface area contributed by atoms with Gasteiger partial charge in [0.2, 0.25) is 0 Å². The number of nitrogens with one attached hydrogen (secondary N) is 1. The summed E-state index contributed by atoms with van der Waals surface area (Å²) in [6.07, 6.45) is 5.08. The number of carbonyl (C=O) groups excluding carboxylic acids is 1. The van der Waals surface area contributed by atoms with Crippen LogP contribution in [0.4, 0.5) is 4.79 Å². The second-order valence-electron chi connectivity index (χ2n) is 5.14. The fraction of sp³-hybridized carbons (Fsp3) is 0.929. The van der Waals surface area contributed by atoms with Gasteiger partial charge in [0.25, 0.3) is 0 Å². The predicted molar refractivity (Wildman–Crippen MR) is 75.8 cm³/mol. The summed E-state index contributed by atoms with van der Waals surface area (Å²) in [5.41, 5.74) is 0. The van der Waals surface area contributed by atoms with Gasteiger partial charge in [-0.1, -0.05) is 6.42 Å². The summed E-state index contributed by atoms with van der Waals surface area (Å²) in [4.78, 5) is 16.1. The van der Waals surface area contributed by atoms with Crippen molar-refractivity contribution < 1.29 is 4.79 Å². The molecule has 1 aliphatic heterocycles. The molecule has 2 amide bonds. The highest BCUT2D eigenvalue weighted by molar-refractivity contribution is 5.73. The average Bonchev–Trinajstić information content (AvgIpc) is 2.38. The number of hydrogen-bond acceptors (Lipinski definition) is 2. The van der Waals surface area contributed by atoms with E-state index >= 15 is 0 Å². The first kappa shape index (κ1) is 15.3. The summed E-state index contributed by atoms with van der Waals surface area (Å²) in [5, 5.41) is 3.00. The molecule has 4 heteroatoms. The van der Waals surface area contributed by atoms with Gasteiger partial charge in [0.1, 0.15) is 0 Å². The van der Waals surface area contributed by atoms with E-state index in [9.17, 15) is 4.79 Å².